The van der Waals surface area contributed by atoms with Crippen LogP contribution >= 0.6 is 0 Å². The summed E-state index contributed by atoms with van der Waals surface area (Å²) in [5, 5.41) is 0. The molecule has 7 heteroatoms. The van der Waals surface area contributed by atoms with Crippen molar-refractivity contribution in [3.8, 4) is 0 Å². The summed E-state index contributed by atoms with van der Waals surface area (Å²) in [7, 11) is -3.39. The number of ketones is 1. The number of carbonyl (C=O) groups excluding carboxylic acids is 1. The predicted molar refractivity (Wildman–Crippen MR) is 69.4 cm³/mol. The van der Waals surface area contributed by atoms with Gasteiger partial charge in [0.15, 0.2) is 0 Å². The lowest BCUT2D eigenvalue weighted by atomic mass is 10.1. The molecular weight excluding hydrogens is 270 g/mol. The average molecular weight is 291 g/mol. The van der Waals surface area contributed by atoms with Crippen molar-refractivity contribution in [1.82, 2.24) is 4.31 Å². The largest absolute Gasteiger partial charge is 0.378 e. The molecule has 2 fully saturated rings. The van der Waals surface area contributed by atoms with Crippen molar-refractivity contribution in [1.29, 1.82) is 0 Å². The van der Waals surface area contributed by atoms with E-state index in [0.29, 0.717) is 26.4 Å². The number of sulfonamides is 1. The van der Waals surface area contributed by atoms with Crippen molar-refractivity contribution >= 4 is 15.8 Å². The van der Waals surface area contributed by atoms with Gasteiger partial charge in [0.1, 0.15) is 5.78 Å². The molecule has 0 aliphatic carbocycles. The maximum absolute atomic E-state index is 12.4. The quantitative estimate of drug-likeness (QED) is 0.722. The topological polar surface area (TPSA) is 72.9 Å². The molecule has 2 aliphatic heterocycles. The number of hydrogen-bond acceptors (Lipinski definition) is 5. The van der Waals surface area contributed by atoms with E-state index in [1.807, 2.05) is 0 Å². The fourth-order valence-corrected chi connectivity index (χ4v) is 4.47. The molecule has 0 aromatic carbocycles. The lowest BCUT2D eigenvalue weighted by molar-refractivity contribution is -0.118. The predicted octanol–water partition coefficient (Wildman–Crippen LogP) is 0.175. The zero-order valence-electron chi connectivity index (χ0n) is 11.2. The first-order valence-electron chi connectivity index (χ1n) is 6.67. The van der Waals surface area contributed by atoms with Crippen LogP contribution in [0.1, 0.15) is 26.2 Å². The zero-order chi connectivity index (χ0) is 13.9. The number of nitrogens with zero attached hydrogens (tertiary/aromatic N) is 1. The Balaban J connectivity index is 2.04. The summed E-state index contributed by atoms with van der Waals surface area (Å²) in [6.07, 6.45) is 1.72. The fraction of sp³-hybridized carbons (Fsp3) is 0.917. The highest BCUT2D eigenvalue weighted by Crippen LogP contribution is 2.20. The second-order valence-corrected chi connectivity index (χ2v) is 7.13. The van der Waals surface area contributed by atoms with Gasteiger partial charge in [0.2, 0.25) is 10.0 Å². The molecule has 110 valence electrons. The molecule has 0 spiro atoms. The Bertz CT molecular complexity index is 416. The van der Waals surface area contributed by atoms with Crippen LogP contribution in [0.15, 0.2) is 0 Å². The third-order valence-corrected chi connectivity index (χ3v) is 5.46. The minimum Gasteiger partial charge on any atom is -0.378 e. The monoisotopic (exact) mass is 291 g/mol. The number of carbonyl (C=O) groups is 1. The van der Waals surface area contributed by atoms with Gasteiger partial charge in [-0.05, 0) is 19.8 Å². The highest BCUT2D eigenvalue weighted by Gasteiger charge is 2.35. The van der Waals surface area contributed by atoms with Crippen molar-refractivity contribution in [2.24, 2.45) is 0 Å². The molecule has 19 heavy (non-hydrogen) atoms. The first-order valence-corrected chi connectivity index (χ1v) is 8.28. The van der Waals surface area contributed by atoms with E-state index in [-0.39, 0.29) is 30.1 Å². The lowest BCUT2D eigenvalue weighted by Gasteiger charge is -2.34. The summed E-state index contributed by atoms with van der Waals surface area (Å²) >= 11 is 0. The standard InChI is InChI=1S/C12H21NO5S/c1-10(14)7-11-8-17-6-4-13(11)19(15,16)9-12-3-2-5-18-12/h11-12H,2-9H2,1H3/t11-,12-/m0/s1. The number of Topliss-reactive ketones (excluding diaryl/α,β-unsaturated/α-hetero) is 1. The first-order chi connectivity index (χ1) is 8.99. The van der Waals surface area contributed by atoms with Gasteiger partial charge in [-0.3, -0.25) is 4.79 Å². The van der Waals surface area contributed by atoms with Gasteiger partial charge in [0, 0.05) is 19.6 Å². The van der Waals surface area contributed by atoms with Gasteiger partial charge < -0.3 is 9.47 Å². The fourth-order valence-electron chi connectivity index (χ4n) is 2.60. The molecule has 2 rings (SSSR count). The van der Waals surface area contributed by atoms with E-state index >= 15 is 0 Å². The Morgan fingerprint density at radius 1 is 1.37 bits per heavy atom. The van der Waals surface area contributed by atoms with Gasteiger partial charge in [-0.15, -0.1) is 0 Å². The maximum atomic E-state index is 12.4. The number of ether oxygens (including phenoxy) is 2. The van der Waals surface area contributed by atoms with E-state index in [1.54, 1.807) is 0 Å². The van der Waals surface area contributed by atoms with Crippen LogP contribution < -0.4 is 0 Å². The van der Waals surface area contributed by atoms with Crippen LogP contribution in [0.3, 0.4) is 0 Å². The molecule has 6 nitrogen and oxygen atoms in total. The number of hydrogen-bond donors (Lipinski definition) is 0. The minimum atomic E-state index is -3.39. The van der Waals surface area contributed by atoms with Crippen LogP contribution in [0.2, 0.25) is 0 Å². The second kappa shape index (κ2) is 6.30. The SMILES string of the molecule is CC(=O)C[C@H]1COCCN1S(=O)(=O)C[C@@H]1CCCO1. The van der Waals surface area contributed by atoms with Crippen molar-refractivity contribution in [3.63, 3.8) is 0 Å². The van der Waals surface area contributed by atoms with Crippen molar-refractivity contribution in [2.45, 2.75) is 38.3 Å². The van der Waals surface area contributed by atoms with Crippen LogP contribution in [0, 0.1) is 0 Å². The van der Waals surface area contributed by atoms with Crippen molar-refractivity contribution < 1.29 is 22.7 Å². The molecule has 0 amide bonds. The molecule has 0 radical (unpaired) electrons. The third-order valence-electron chi connectivity index (χ3n) is 3.47. The van der Waals surface area contributed by atoms with Gasteiger partial charge in [0.05, 0.1) is 31.1 Å². The van der Waals surface area contributed by atoms with E-state index in [1.165, 1.54) is 11.2 Å². The summed E-state index contributed by atoms with van der Waals surface area (Å²) in [6, 6.07) is -0.363. The highest BCUT2D eigenvalue weighted by atomic mass is 32.2. The Morgan fingerprint density at radius 3 is 2.79 bits per heavy atom. The molecule has 0 N–H and O–H groups in total. The number of morpholine rings is 1. The third kappa shape index (κ3) is 3.98. The van der Waals surface area contributed by atoms with Gasteiger partial charge >= 0.3 is 0 Å². The average Bonchev–Trinajstić information content (AvgIpc) is 2.80. The van der Waals surface area contributed by atoms with Crippen LogP contribution in [0.5, 0.6) is 0 Å². The van der Waals surface area contributed by atoms with Crippen LogP contribution in [-0.4, -0.2) is 62.8 Å². The van der Waals surface area contributed by atoms with E-state index in [9.17, 15) is 13.2 Å². The van der Waals surface area contributed by atoms with Gasteiger partial charge in [-0.2, -0.15) is 4.31 Å². The lowest BCUT2D eigenvalue weighted by Crippen LogP contribution is -2.51. The Kier molecular flexibility index (Phi) is 4.94. The number of rotatable bonds is 5. The first kappa shape index (κ1) is 14.9. The molecule has 2 atom stereocenters. The summed E-state index contributed by atoms with van der Waals surface area (Å²) in [6.45, 7) is 3.12. The normalized spacial score (nSPS) is 29.5. The molecule has 0 bridgehead atoms. The van der Waals surface area contributed by atoms with Gasteiger partial charge in [-0.25, -0.2) is 8.42 Å². The van der Waals surface area contributed by atoms with Gasteiger partial charge in [0.25, 0.3) is 0 Å². The van der Waals surface area contributed by atoms with Crippen LogP contribution in [0.4, 0.5) is 0 Å². The van der Waals surface area contributed by atoms with Gasteiger partial charge in [-0.1, -0.05) is 0 Å². The molecule has 0 aromatic rings. The van der Waals surface area contributed by atoms with Crippen molar-refractivity contribution in [3.05, 3.63) is 0 Å². The molecule has 2 heterocycles. The van der Waals surface area contributed by atoms with E-state index in [4.69, 9.17) is 9.47 Å². The second-order valence-electron chi connectivity index (χ2n) is 5.16. The van der Waals surface area contributed by atoms with E-state index in [0.717, 1.165) is 12.8 Å². The molecule has 0 saturated carbocycles. The molecule has 0 aromatic heterocycles. The summed E-state index contributed by atoms with van der Waals surface area (Å²) in [5.41, 5.74) is 0. The minimum absolute atomic E-state index is 0.0153. The van der Waals surface area contributed by atoms with Crippen LogP contribution in [-0.2, 0) is 24.3 Å². The summed E-state index contributed by atoms with van der Waals surface area (Å²) in [4.78, 5) is 11.2. The molecular formula is C12H21NO5S. The van der Waals surface area contributed by atoms with E-state index in [2.05, 4.69) is 0 Å². The molecule has 0 unspecified atom stereocenters. The Hall–Kier alpha value is -0.500. The Labute approximate surface area is 114 Å². The Morgan fingerprint density at radius 2 is 2.16 bits per heavy atom. The summed E-state index contributed by atoms with van der Waals surface area (Å²) < 4.78 is 36.9. The van der Waals surface area contributed by atoms with E-state index < -0.39 is 10.0 Å². The maximum Gasteiger partial charge on any atom is 0.217 e. The smallest absolute Gasteiger partial charge is 0.217 e. The van der Waals surface area contributed by atoms with Crippen LogP contribution in [0.25, 0.3) is 0 Å². The molecule has 2 saturated heterocycles. The summed E-state index contributed by atoms with van der Waals surface area (Å²) in [5.74, 6) is -0.00526. The van der Waals surface area contributed by atoms with Crippen molar-refractivity contribution in [2.75, 3.05) is 32.1 Å². The molecule has 2 aliphatic rings. The highest BCUT2D eigenvalue weighted by molar-refractivity contribution is 7.89. The zero-order valence-corrected chi connectivity index (χ0v) is 12.0.